The highest BCUT2D eigenvalue weighted by Crippen LogP contribution is 2.48. The number of fused-ring (bicyclic) bond motifs is 7. The van der Waals surface area contributed by atoms with Crippen molar-refractivity contribution in [2.24, 2.45) is 0 Å². The molecule has 9 aromatic carbocycles. The summed E-state index contributed by atoms with van der Waals surface area (Å²) in [5.74, 6) is 0. The second kappa shape index (κ2) is 10.2. The Morgan fingerprint density at radius 2 is 0.830 bits per heavy atom. The first-order chi connectivity index (χ1) is 23.3. The van der Waals surface area contributed by atoms with Gasteiger partial charge in [-0.25, -0.2) is 0 Å². The largest absolute Gasteiger partial charge is 0.456 e. The number of hydrogen-bond acceptors (Lipinski definition) is 1. The minimum Gasteiger partial charge on any atom is -0.456 e. The summed E-state index contributed by atoms with van der Waals surface area (Å²) in [7, 11) is 0. The van der Waals surface area contributed by atoms with Gasteiger partial charge in [-0.3, -0.25) is 0 Å². The molecule has 0 saturated heterocycles. The van der Waals surface area contributed by atoms with E-state index in [-0.39, 0.29) is 0 Å². The standard InChI is InChI=1S/C46H28O/c1-2-12-29(13-3-1)35-24-22-30-14-6-7-17-34(30)45(35)46-38-20-10-8-18-36(38)44(37-19-9-11-21-39(37)46)33-23-25-42-40(27-33)41-26-31-15-4-5-16-32(31)28-43(41)47-42/h1-28H. The van der Waals surface area contributed by atoms with E-state index in [4.69, 9.17) is 4.42 Å². The minimum atomic E-state index is 0.910. The average molecular weight is 597 g/mol. The minimum absolute atomic E-state index is 0.910. The summed E-state index contributed by atoms with van der Waals surface area (Å²) in [4.78, 5) is 0. The van der Waals surface area contributed by atoms with Crippen molar-refractivity contribution in [2.45, 2.75) is 0 Å². The van der Waals surface area contributed by atoms with Crippen molar-refractivity contribution in [2.75, 3.05) is 0 Å². The molecule has 47 heavy (non-hydrogen) atoms. The van der Waals surface area contributed by atoms with Crippen LogP contribution in [0.25, 0.3) is 98.4 Å². The van der Waals surface area contributed by atoms with Crippen molar-refractivity contribution >= 4 is 65.0 Å². The normalized spacial score (nSPS) is 11.8. The molecule has 1 heterocycles. The predicted molar refractivity (Wildman–Crippen MR) is 200 cm³/mol. The lowest BCUT2D eigenvalue weighted by Gasteiger charge is -2.21. The molecule has 0 bridgehead atoms. The smallest absolute Gasteiger partial charge is 0.136 e. The molecule has 0 fully saturated rings. The third-order valence-electron chi connectivity index (χ3n) is 9.82. The SMILES string of the molecule is c1ccc(-c2ccc3ccccc3c2-c2c3ccccc3c(-c3ccc4oc5cc6ccccc6cc5c4c3)c3ccccc23)cc1. The maximum absolute atomic E-state index is 6.40. The molecule has 0 N–H and O–H groups in total. The van der Waals surface area contributed by atoms with Crippen molar-refractivity contribution in [1.82, 2.24) is 0 Å². The van der Waals surface area contributed by atoms with Gasteiger partial charge in [-0.2, -0.15) is 0 Å². The van der Waals surface area contributed by atoms with Crippen LogP contribution in [0.2, 0.25) is 0 Å². The lowest BCUT2D eigenvalue weighted by molar-refractivity contribution is 0.669. The van der Waals surface area contributed by atoms with Gasteiger partial charge < -0.3 is 4.42 Å². The maximum atomic E-state index is 6.40. The number of furan rings is 1. The summed E-state index contributed by atoms with van der Waals surface area (Å²) >= 11 is 0. The zero-order valence-corrected chi connectivity index (χ0v) is 25.6. The van der Waals surface area contributed by atoms with Gasteiger partial charge in [0.25, 0.3) is 0 Å². The number of rotatable bonds is 3. The van der Waals surface area contributed by atoms with E-state index in [1.807, 2.05) is 0 Å². The molecule has 10 rings (SSSR count). The Bertz CT molecular complexity index is 2780. The number of hydrogen-bond donors (Lipinski definition) is 0. The summed E-state index contributed by atoms with van der Waals surface area (Å²) in [5, 5.41) is 12.2. The third-order valence-corrected chi connectivity index (χ3v) is 9.82. The molecule has 0 unspecified atom stereocenters. The van der Waals surface area contributed by atoms with E-state index in [1.54, 1.807) is 0 Å². The molecule has 1 nitrogen and oxygen atoms in total. The number of benzene rings is 9. The second-order valence-corrected chi connectivity index (χ2v) is 12.4. The van der Waals surface area contributed by atoms with E-state index in [1.165, 1.54) is 76.5 Å². The van der Waals surface area contributed by atoms with Crippen LogP contribution in [0, 0.1) is 0 Å². The molecule has 0 aliphatic carbocycles. The Kier molecular flexibility index (Phi) is 5.64. The van der Waals surface area contributed by atoms with Crippen molar-refractivity contribution < 1.29 is 4.42 Å². The molecule has 0 spiro atoms. The first-order valence-electron chi connectivity index (χ1n) is 16.2. The zero-order valence-electron chi connectivity index (χ0n) is 25.6. The van der Waals surface area contributed by atoms with Gasteiger partial charge in [0, 0.05) is 10.8 Å². The van der Waals surface area contributed by atoms with Crippen LogP contribution in [0.5, 0.6) is 0 Å². The quantitative estimate of drug-likeness (QED) is 0.185. The van der Waals surface area contributed by atoms with Crippen molar-refractivity contribution in [3.05, 3.63) is 170 Å². The molecule has 0 radical (unpaired) electrons. The summed E-state index contributed by atoms with van der Waals surface area (Å²) in [6, 6.07) is 61.6. The highest BCUT2D eigenvalue weighted by Gasteiger charge is 2.21. The van der Waals surface area contributed by atoms with Crippen LogP contribution < -0.4 is 0 Å². The summed E-state index contributed by atoms with van der Waals surface area (Å²) in [6.45, 7) is 0. The van der Waals surface area contributed by atoms with Crippen molar-refractivity contribution in [3.8, 4) is 33.4 Å². The Hall–Kier alpha value is -6.18. The third kappa shape index (κ3) is 3.97. The molecule has 10 aromatic rings. The Morgan fingerprint density at radius 1 is 0.277 bits per heavy atom. The van der Waals surface area contributed by atoms with E-state index in [9.17, 15) is 0 Å². The summed E-state index contributed by atoms with van der Waals surface area (Å²) in [5.41, 5.74) is 9.28. The van der Waals surface area contributed by atoms with Crippen LogP contribution in [0.3, 0.4) is 0 Å². The fraction of sp³-hybridized carbons (Fsp3) is 0. The fourth-order valence-corrected chi connectivity index (χ4v) is 7.73. The summed E-state index contributed by atoms with van der Waals surface area (Å²) < 4.78 is 6.40. The highest BCUT2D eigenvalue weighted by molar-refractivity contribution is 6.25. The first-order valence-corrected chi connectivity index (χ1v) is 16.2. The van der Waals surface area contributed by atoms with Crippen molar-refractivity contribution in [1.29, 1.82) is 0 Å². The Labute approximate surface area is 271 Å². The fourth-order valence-electron chi connectivity index (χ4n) is 7.73. The lowest BCUT2D eigenvalue weighted by atomic mass is 9.82. The molecular formula is C46H28O. The van der Waals surface area contributed by atoms with Crippen LogP contribution in [-0.4, -0.2) is 0 Å². The molecule has 0 atom stereocenters. The topological polar surface area (TPSA) is 13.1 Å². The lowest BCUT2D eigenvalue weighted by Crippen LogP contribution is -1.94. The van der Waals surface area contributed by atoms with Crippen LogP contribution in [0.15, 0.2) is 174 Å². The van der Waals surface area contributed by atoms with Gasteiger partial charge >= 0.3 is 0 Å². The first kappa shape index (κ1) is 26.1. The monoisotopic (exact) mass is 596 g/mol. The average Bonchev–Trinajstić information content (AvgIpc) is 3.49. The van der Waals surface area contributed by atoms with Gasteiger partial charge in [0.05, 0.1) is 0 Å². The molecule has 1 aromatic heterocycles. The molecule has 0 aliphatic rings. The van der Waals surface area contributed by atoms with E-state index < -0.39 is 0 Å². The van der Waals surface area contributed by atoms with Crippen LogP contribution in [0.1, 0.15) is 0 Å². The Morgan fingerprint density at radius 3 is 1.53 bits per heavy atom. The highest BCUT2D eigenvalue weighted by atomic mass is 16.3. The van der Waals surface area contributed by atoms with Gasteiger partial charge in [0.1, 0.15) is 11.2 Å². The Balaban J connectivity index is 1.32. The zero-order chi connectivity index (χ0) is 30.9. The van der Waals surface area contributed by atoms with E-state index in [0.29, 0.717) is 0 Å². The van der Waals surface area contributed by atoms with E-state index in [0.717, 1.165) is 21.9 Å². The predicted octanol–water partition coefficient (Wildman–Crippen LogP) is 13.2. The molecule has 0 saturated carbocycles. The molecule has 0 aliphatic heterocycles. The van der Waals surface area contributed by atoms with Gasteiger partial charge in [-0.05, 0) is 101 Å². The molecule has 0 amide bonds. The van der Waals surface area contributed by atoms with Crippen molar-refractivity contribution in [3.63, 3.8) is 0 Å². The maximum Gasteiger partial charge on any atom is 0.136 e. The molecule has 1 heteroatoms. The van der Waals surface area contributed by atoms with E-state index >= 15 is 0 Å². The van der Waals surface area contributed by atoms with Gasteiger partial charge in [0.2, 0.25) is 0 Å². The molecule has 218 valence electrons. The second-order valence-electron chi connectivity index (χ2n) is 12.4. The van der Waals surface area contributed by atoms with Gasteiger partial charge in [0.15, 0.2) is 0 Å². The van der Waals surface area contributed by atoms with E-state index in [2.05, 4.69) is 170 Å². The van der Waals surface area contributed by atoms with Crippen LogP contribution in [0.4, 0.5) is 0 Å². The summed E-state index contributed by atoms with van der Waals surface area (Å²) in [6.07, 6.45) is 0. The van der Waals surface area contributed by atoms with Gasteiger partial charge in [-0.1, -0.05) is 146 Å². The van der Waals surface area contributed by atoms with Gasteiger partial charge in [-0.15, -0.1) is 0 Å². The van der Waals surface area contributed by atoms with Crippen LogP contribution in [-0.2, 0) is 0 Å². The molecular weight excluding hydrogens is 569 g/mol. The van der Waals surface area contributed by atoms with Crippen LogP contribution >= 0.6 is 0 Å².